The Morgan fingerprint density at radius 2 is 1.59 bits per heavy atom. The average Bonchev–Trinajstić information content (AvgIpc) is 2.93. The van der Waals surface area contributed by atoms with Gasteiger partial charge in [-0.2, -0.15) is 0 Å². The molecule has 8 nitrogen and oxygen atoms in total. The zero-order valence-corrected chi connectivity index (χ0v) is 24.7. The van der Waals surface area contributed by atoms with E-state index in [-0.39, 0.29) is 0 Å². The van der Waals surface area contributed by atoms with Crippen LogP contribution in [0, 0.1) is 13.8 Å². The van der Waals surface area contributed by atoms with Crippen LogP contribution in [-0.2, 0) is 5.54 Å². The maximum Gasteiger partial charge on any atom is 0.218 e. The lowest BCUT2D eigenvalue weighted by Crippen LogP contribution is -2.52. The van der Waals surface area contributed by atoms with E-state index in [1.54, 1.807) is 27.0 Å². The topological polar surface area (TPSA) is 119 Å². The Hall–Kier alpha value is -4.11. The predicted octanol–water partition coefficient (Wildman–Crippen LogP) is 6.72. The third-order valence-corrected chi connectivity index (χ3v) is 8.01. The molecule has 3 aromatic heterocycles. The lowest BCUT2D eigenvalue weighted by atomic mass is 9.79. The zero-order chi connectivity index (χ0) is 29.5. The molecule has 4 N–H and O–H groups in total. The van der Waals surface area contributed by atoms with E-state index in [1.165, 1.54) is 7.11 Å². The van der Waals surface area contributed by atoms with E-state index in [0.29, 0.717) is 39.3 Å². The van der Waals surface area contributed by atoms with Crippen molar-refractivity contribution < 1.29 is 9.84 Å². The first kappa shape index (κ1) is 28.4. The van der Waals surface area contributed by atoms with Crippen molar-refractivity contribution in [2.24, 2.45) is 5.73 Å². The Kier molecular flexibility index (Phi) is 7.42. The normalized spacial score (nSPS) is 13.2. The van der Waals surface area contributed by atoms with Crippen molar-refractivity contribution in [3.63, 3.8) is 0 Å². The van der Waals surface area contributed by atoms with Crippen molar-refractivity contribution in [3.8, 4) is 28.3 Å². The SMILES string of the molecule is COc1nc(-c2cccc(-c3cccc(Nc4nc(C)nc5cccnc45)c3C)c2Cl)ccc1C(C)(N)C(C)(C)O. The number of anilines is 2. The average molecular weight is 569 g/mol. The Bertz CT molecular complexity index is 1760. The van der Waals surface area contributed by atoms with Crippen molar-refractivity contribution in [3.05, 3.63) is 88.8 Å². The van der Waals surface area contributed by atoms with E-state index in [2.05, 4.69) is 20.3 Å². The minimum absolute atomic E-state index is 0.333. The van der Waals surface area contributed by atoms with Gasteiger partial charge in [0.25, 0.3) is 0 Å². The van der Waals surface area contributed by atoms with Crippen molar-refractivity contribution >= 4 is 34.1 Å². The molecule has 5 rings (SSSR count). The van der Waals surface area contributed by atoms with E-state index in [0.717, 1.165) is 33.5 Å². The van der Waals surface area contributed by atoms with Gasteiger partial charge in [-0.15, -0.1) is 0 Å². The molecule has 210 valence electrons. The van der Waals surface area contributed by atoms with Crippen LogP contribution in [0.1, 0.15) is 37.7 Å². The Morgan fingerprint density at radius 3 is 2.32 bits per heavy atom. The van der Waals surface area contributed by atoms with Crippen LogP contribution in [0.4, 0.5) is 11.5 Å². The first-order valence-electron chi connectivity index (χ1n) is 13.2. The fourth-order valence-electron chi connectivity index (χ4n) is 4.77. The number of pyridine rings is 2. The van der Waals surface area contributed by atoms with Gasteiger partial charge >= 0.3 is 0 Å². The summed E-state index contributed by atoms with van der Waals surface area (Å²) < 4.78 is 5.61. The number of benzene rings is 2. The highest BCUT2D eigenvalue weighted by atomic mass is 35.5. The molecule has 0 spiro atoms. The Labute approximate surface area is 244 Å². The number of ether oxygens (including phenoxy) is 1. The summed E-state index contributed by atoms with van der Waals surface area (Å²) in [5, 5.41) is 14.7. The van der Waals surface area contributed by atoms with Gasteiger partial charge in [-0.1, -0.05) is 41.9 Å². The van der Waals surface area contributed by atoms with Crippen LogP contribution >= 0.6 is 11.6 Å². The molecule has 0 saturated carbocycles. The summed E-state index contributed by atoms with van der Waals surface area (Å²) in [4.78, 5) is 18.3. The molecule has 0 fully saturated rings. The summed E-state index contributed by atoms with van der Waals surface area (Å²) in [6.45, 7) is 8.98. The molecule has 2 aromatic carbocycles. The van der Waals surface area contributed by atoms with E-state index < -0.39 is 11.1 Å². The molecule has 0 radical (unpaired) electrons. The van der Waals surface area contributed by atoms with E-state index >= 15 is 0 Å². The summed E-state index contributed by atoms with van der Waals surface area (Å²) in [6, 6.07) is 19.3. The third-order valence-electron chi connectivity index (χ3n) is 7.60. The second-order valence-electron chi connectivity index (χ2n) is 10.8. The summed E-state index contributed by atoms with van der Waals surface area (Å²) in [6.07, 6.45) is 1.73. The second-order valence-corrected chi connectivity index (χ2v) is 11.2. The molecule has 0 saturated heterocycles. The van der Waals surface area contributed by atoms with Crippen LogP contribution < -0.4 is 15.8 Å². The van der Waals surface area contributed by atoms with Gasteiger partial charge in [0.1, 0.15) is 11.3 Å². The summed E-state index contributed by atoms with van der Waals surface area (Å²) in [5.41, 5.74) is 11.4. The summed E-state index contributed by atoms with van der Waals surface area (Å²) in [7, 11) is 1.54. The molecule has 5 aromatic rings. The molecule has 0 aliphatic rings. The standard InChI is InChI=1S/C32H33ClN6O2/c1-18-20(10-8-13-24(18)38-29-28-26(14-9-17-35-28)36-19(2)37-29)21-11-7-12-22(27(21)33)25-16-15-23(30(39-25)41-6)32(5,34)31(3,4)40/h7-17,40H,34H2,1-6H3,(H,36,37,38). The number of aromatic nitrogens is 4. The van der Waals surface area contributed by atoms with Crippen LogP contribution in [0.15, 0.2) is 66.9 Å². The van der Waals surface area contributed by atoms with Crippen LogP contribution in [-0.4, -0.2) is 37.8 Å². The van der Waals surface area contributed by atoms with Crippen LogP contribution in [0.3, 0.4) is 0 Å². The first-order chi connectivity index (χ1) is 19.4. The summed E-state index contributed by atoms with van der Waals surface area (Å²) in [5.74, 6) is 1.63. The number of nitrogens with zero attached hydrogens (tertiary/aromatic N) is 4. The first-order valence-corrected chi connectivity index (χ1v) is 13.6. The van der Waals surface area contributed by atoms with Crippen molar-refractivity contribution in [1.82, 2.24) is 19.9 Å². The Morgan fingerprint density at radius 1 is 0.878 bits per heavy atom. The largest absolute Gasteiger partial charge is 0.481 e. The van der Waals surface area contributed by atoms with E-state index in [1.807, 2.05) is 74.5 Å². The van der Waals surface area contributed by atoms with Gasteiger partial charge in [-0.05, 0) is 76.1 Å². The zero-order valence-electron chi connectivity index (χ0n) is 24.0. The maximum absolute atomic E-state index is 10.7. The van der Waals surface area contributed by atoms with Gasteiger partial charge in [-0.25, -0.2) is 15.0 Å². The number of hydrogen-bond donors (Lipinski definition) is 3. The lowest BCUT2D eigenvalue weighted by Gasteiger charge is -2.37. The van der Waals surface area contributed by atoms with Gasteiger partial charge in [0.2, 0.25) is 5.88 Å². The summed E-state index contributed by atoms with van der Waals surface area (Å²) >= 11 is 7.06. The van der Waals surface area contributed by atoms with Gasteiger partial charge in [0.05, 0.1) is 34.5 Å². The highest BCUT2D eigenvalue weighted by molar-refractivity contribution is 6.36. The quantitative estimate of drug-likeness (QED) is 0.198. The smallest absolute Gasteiger partial charge is 0.218 e. The highest BCUT2D eigenvalue weighted by Crippen LogP contribution is 2.41. The Balaban J connectivity index is 1.56. The number of rotatable bonds is 7. The number of aryl methyl sites for hydroxylation is 1. The van der Waals surface area contributed by atoms with E-state index in [4.69, 9.17) is 27.1 Å². The highest BCUT2D eigenvalue weighted by Gasteiger charge is 2.40. The van der Waals surface area contributed by atoms with E-state index in [9.17, 15) is 5.11 Å². The minimum Gasteiger partial charge on any atom is -0.481 e. The van der Waals surface area contributed by atoms with Gasteiger partial charge in [-0.3, -0.25) is 4.98 Å². The van der Waals surface area contributed by atoms with Gasteiger partial charge in [0.15, 0.2) is 5.82 Å². The molecular formula is C32H33ClN6O2. The minimum atomic E-state index is -1.20. The molecule has 1 unspecified atom stereocenters. The van der Waals surface area contributed by atoms with Crippen molar-refractivity contribution in [2.45, 2.75) is 45.8 Å². The third kappa shape index (κ3) is 5.22. The number of hydrogen-bond acceptors (Lipinski definition) is 8. The second kappa shape index (κ2) is 10.7. The number of nitrogens with two attached hydrogens (primary N) is 1. The number of methoxy groups -OCH3 is 1. The maximum atomic E-state index is 10.7. The number of aliphatic hydroxyl groups is 1. The number of halogens is 1. The fraction of sp³-hybridized carbons (Fsp3) is 0.250. The van der Waals surface area contributed by atoms with Crippen LogP contribution in [0.25, 0.3) is 33.4 Å². The molecule has 0 bridgehead atoms. The number of fused-ring (bicyclic) bond motifs is 1. The van der Waals surface area contributed by atoms with Gasteiger partial charge < -0.3 is 20.9 Å². The molecule has 1 atom stereocenters. The lowest BCUT2D eigenvalue weighted by molar-refractivity contribution is 0.00239. The molecule has 41 heavy (non-hydrogen) atoms. The van der Waals surface area contributed by atoms with Gasteiger partial charge in [0, 0.05) is 28.6 Å². The fourth-order valence-corrected chi connectivity index (χ4v) is 5.09. The van der Waals surface area contributed by atoms with Crippen molar-refractivity contribution in [1.29, 1.82) is 0 Å². The van der Waals surface area contributed by atoms with Crippen LogP contribution in [0.5, 0.6) is 5.88 Å². The molecule has 0 amide bonds. The van der Waals surface area contributed by atoms with Crippen LogP contribution in [0.2, 0.25) is 5.02 Å². The number of nitrogens with one attached hydrogen (secondary N) is 1. The molecular weight excluding hydrogens is 536 g/mol. The molecule has 0 aliphatic heterocycles. The molecule has 9 heteroatoms. The monoisotopic (exact) mass is 568 g/mol. The molecule has 0 aliphatic carbocycles. The van der Waals surface area contributed by atoms with Crippen molar-refractivity contribution in [2.75, 3.05) is 12.4 Å². The predicted molar refractivity (Wildman–Crippen MR) is 165 cm³/mol. The molecule has 3 heterocycles.